The number of carbonyl (C=O) groups is 2. The molecule has 108 valence electrons. The summed E-state index contributed by atoms with van der Waals surface area (Å²) in [6, 6.07) is 6.79. The Balaban J connectivity index is 2.00. The number of nitrogens with zero attached hydrogens (tertiary/aromatic N) is 1. The second-order valence-electron chi connectivity index (χ2n) is 5.36. The highest BCUT2D eigenvalue weighted by molar-refractivity contribution is 5.84. The lowest BCUT2D eigenvalue weighted by Crippen LogP contribution is -2.40. The lowest BCUT2D eigenvalue weighted by Gasteiger charge is -2.23. The Morgan fingerprint density at radius 2 is 2.05 bits per heavy atom. The van der Waals surface area contributed by atoms with Crippen LogP contribution in [-0.4, -0.2) is 34.5 Å². The molecule has 1 aromatic carbocycles. The van der Waals surface area contributed by atoms with Gasteiger partial charge in [-0.25, -0.2) is 4.79 Å². The van der Waals surface area contributed by atoms with Crippen LogP contribution in [0, 0.1) is 0 Å². The summed E-state index contributed by atoms with van der Waals surface area (Å²) in [6.07, 6.45) is 1.64. The lowest BCUT2D eigenvalue weighted by molar-refractivity contribution is -0.148. The van der Waals surface area contributed by atoms with Gasteiger partial charge in [0, 0.05) is 18.7 Å². The zero-order valence-corrected chi connectivity index (χ0v) is 11.6. The zero-order chi connectivity index (χ0) is 14.7. The molecule has 0 saturated carbocycles. The van der Waals surface area contributed by atoms with E-state index in [0.29, 0.717) is 25.1 Å². The summed E-state index contributed by atoms with van der Waals surface area (Å²) in [5.74, 6) is -0.937. The second-order valence-corrected chi connectivity index (χ2v) is 5.36. The number of hydrogen-bond donors (Lipinski definition) is 2. The van der Waals surface area contributed by atoms with Crippen LogP contribution in [-0.2, 0) is 9.59 Å². The van der Waals surface area contributed by atoms with Crippen molar-refractivity contribution in [3.63, 3.8) is 0 Å². The molecule has 1 amide bonds. The van der Waals surface area contributed by atoms with E-state index in [1.807, 2.05) is 31.2 Å². The van der Waals surface area contributed by atoms with E-state index in [0.717, 1.165) is 12.0 Å². The minimum atomic E-state index is -0.906. The number of amides is 1. The van der Waals surface area contributed by atoms with E-state index in [4.69, 9.17) is 10.8 Å². The topological polar surface area (TPSA) is 83.6 Å². The van der Waals surface area contributed by atoms with E-state index in [1.165, 1.54) is 4.90 Å². The first-order valence-corrected chi connectivity index (χ1v) is 6.86. The molecule has 3 N–H and O–H groups in total. The third-order valence-corrected chi connectivity index (χ3v) is 3.84. The summed E-state index contributed by atoms with van der Waals surface area (Å²) in [7, 11) is 0. The van der Waals surface area contributed by atoms with Gasteiger partial charge in [-0.2, -0.15) is 0 Å². The van der Waals surface area contributed by atoms with Gasteiger partial charge >= 0.3 is 5.97 Å². The molecule has 1 fully saturated rings. The van der Waals surface area contributed by atoms with E-state index in [-0.39, 0.29) is 11.8 Å². The minimum Gasteiger partial charge on any atom is -0.480 e. The van der Waals surface area contributed by atoms with Gasteiger partial charge in [0.05, 0.1) is 0 Å². The first-order valence-electron chi connectivity index (χ1n) is 6.86. The van der Waals surface area contributed by atoms with Crippen molar-refractivity contribution in [3.8, 4) is 0 Å². The number of carbonyl (C=O) groups excluding carboxylic acids is 1. The van der Waals surface area contributed by atoms with Gasteiger partial charge in [-0.3, -0.25) is 4.79 Å². The van der Waals surface area contributed by atoms with Crippen LogP contribution < -0.4 is 5.73 Å². The van der Waals surface area contributed by atoms with Crippen molar-refractivity contribution in [2.75, 3.05) is 12.3 Å². The molecular formula is C15H20N2O3. The van der Waals surface area contributed by atoms with Crippen molar-refractivity contribution in [2.24, 2.45) is 0 Å². The minimum absolute atomic E-state index is 0.0538. The van der Waals surface area contributed by atoms with Crippen molar-refractivity contribution in [1.82, 2.24) is 4.90 Å². The van der Waals surface area contributed by atoms with Crippen LogP contribution in [0.1, 0.15) is 37.7 Å². The van der Waals surface area contributed by atoms with Crippen molar-refractivity contribution in [1.29, 1.82) is 0 Å². The van der Waals surface area contributed by atoms with Crippen LogP contribution in [0.4, 0.5) is 5.69 Å². The fourth-order valence-electron chi connectivity index (χ4n) is 2.64. The lowest BCUT2D eigenvalue weighted by atomic mass is 9.97. The van der Waals surface area contributed by atoms with Gasteiger partial charge in [0.2, 0.25) is 5.91 Å². The maximum atomic E-state index is 12.2. The Morgan fingerprint density at radius 3 is 2.65 bits per heavy atom. The van der Waals surface area contributed by atoms with Gasteiger partial charge in [-0.1, -0.05) is 19.1 Å². The molecule has 1 aliphatic rings. The van der Waals surface area contributed by atoms with E-state index < -0.39 is 12.0 Å². The van der Waals surface area contributed by atoms with Gasteiger partial charge in [0.1, 0.15) is 6.04 Å². The fourth-order valence-corrected chi connectivity index (χ4v) is 2.64. The number of nitrogen functional groups attached to an aromatic ring is 1. The molecule has 20 heavy (non-hydrogen) atoms. The predicted octanol–water partition coefficient (Wildman–Crippen LogP) is 1.84. The van der Waals surface area contributed by atoms with E-state index in [1.54, 1.807) is 0 Å². The average Bonchev–Trinajstić information content (AvgIpc) is 2.88. The highest BCUT2D eigenvalue weighted by Crippen LogP contribution is 2.24. The van der Waals surface area contributed by atoms with Crippen LogP contribution in [0.5, 0.6) is 0 Å². The molecular weight excluding hydrogens is 256 g/mol. The molecule has 1 saturated heterocycles. The molecule has 1 heterocycles. The number of nitrogens with two attached hydrogens (primary N) is 1. The average molecular weight is 276 g/mol. The van der Waals surface area contributed by atoms with Gasteiger partial charge in [0.15, 0.2) is 0 Å². The number of hydrogen-bond acceptors (Lipinski definition) is 3. The number of anilines is 1. The third kappa shape index (κ3) is 3.10. The monoisotopic (exact) mass is 276 g/mol. The second kappa shape index (κ2) is 5.94. The van der Waals surface area contributed by atoms with Crippen LogP contribution in [0.15, 0.2) is 24.3 Å². The summed E-state index contributed by atoms with van der Waals surface area (Å²) >= 11 is 0. The molecule has 0 radical (unpaired) electrons. The fraction of sp³-hybridized carbons (Fsp3) is 0.467. The highest BCUT2D eigenvalue weighted by Gasteiger charge is 2.34. The smallest absolute Gasteiger partial charge is 0.326 e. The van der Waals surface area contributed by atoms with Gasteiger partial charge in [-0.15, -0.1) is 0 Å². The van der Waals surface area contributed by atoms with Crippen LogP contribution >= 0.6 is 0 Å². The normalized spacial score (nSPS) is 19.9. The predicted molar refractivity (Wildman–Crippen MR) is 76.3 cm³/mol. The summed E-state index contributed by atoms with van der Waals surface area (Å²) in [4.78, 5) is 24.8. The maximum Gasteiger partial charge on any atom is 0.326 e. The van der Waals surface area contributed by atoms with Crippen molar-refractivity contribution >= 4 is 17.6 Å². The van der Waals surface area contributed by atoms with E-state index in [2.05, 4.69) is 0 Å². The standard InChI is InChI=1S/C15H20N2O3/c1-10(11-4-6-12(16)7-5-11)9-14(18)17-8-2-3-13(17)15(19)20/h4-7,10,13H,2-3,8-9,16H2,1H3,(H,19,20). The van der Waals surface area contributed by atoms with Crippen molar-refractivity contribution in [3.05, 3.63) is 29.8 Å². The summed E-state index contributed by atoms with van der Waals surface area (Å²) in [5.41, 5.74) is 7.37. The molecule has 2 atom stereocenters. The van der Waals surface area contributed by atoms with Crippen LogP contribution in [0.25, 0.3) is 0 Å². The summed E-state index contributed by atoms with van der Waals surface area (Å²) in [6.45, 7) is 2.51. The Morgan fingerprint density at radius 1 is 1.40 bits per heavy atom. The summed E-state index contributed by atoms with van der Waals surface area (Å²) < 4.78 is 0. The molecule has 0 aromatic heterocycles. The van der Waals surface area contributed by atoms with Crippen LogP contribution in [0.2, 0.25) is 0 Å². The highest BCUT2D eigenvalue weighted by atomic mass is 16.4. The molecule has 5 nitrogen and oxygen atoms in total. The Labute approximate surface area is 118 Å². The van der Waals surface area contributed by atoms with Crippen molar-refractivity contribution in [2.45, 2.75) is 38.1 Å². The SMILES string of the molecule is CC(CC(=O)N1CCCC1C(=O)O)c1ccc(N)cc1. The molecule has 1 aromatic rings. The number of carboxylic acid groups (broad SMARTS) is 1. The first-order chi connectivity index (χ1) is 9.49. The van der Waals surface area contributed by atoms with Gasteiger partial charge in [0.25, 0.3) is 0 Å². The van der Waals surface area contributed by atoms with E-state index >= 15 is 0 Å². The molecule has 5 heteroatoms. The maximum absolute atomic E-state index is 12.2. The number of aliphatic carboxylic acids is 1. The Kier molecular flexibility index (Phi) is 4.27. The number of carboxylic acids is 1. The zero-order valence-electron chi connectivity index (χ0n) is 11.6. The van der Waals surface area contributed by atoms with Crippen molar-refractivity contribution < 1.29 is 14.7 Å². The molecule has 0 bridgehead atoms. The Bertz CT molecular complexity index is 498. The van der Waals surface area contributed by atoms with Crippen LogP contribution in [0.3, 0.4) is 0 Å². The summed E-state index contributed by atoms with van der Waals surface area (Å²) in [5, 5.41) is 9.11. The third-order valence-electron chi connectivity index (χ3n) is 3.84. The van der Waals surface area contributed by atoms with Gasteiger partial charge in [-0.05, 0) is 36.5 Å². The number of likely N-dealkylation sites (tertiary alicyclic amines) is 1. The largest absolute Gasteiger partial charge is 0.480 e. The molecule has 2 unspecified atom stereocenters. The first kappa shape index (κ1) is 14.4. The number of rotatable bonds is 4. The molecule has 2 rings (SSSR count). The van der Waals surface area contributed by atoms with Gasteiger partial charge < -0.3 is 15.7 Å². The molecule has 0 spiro atoms. The molecule has 0 aliphatic carbocycles. The molecule has 1 aliphatic heterocycles. The van der Waals surface area contributed by atoms with E-state index in [9.17, 15) is 9.59 Å². The quantitative estimate of drug-likeness (QED) is 0.822. The number of benzene rings is 1. The Hall–Kier alpha value is -2.04.